The molecule has 8 unspecified atom stereocenters. The quantitative estimate of drug-likeness (QED) is 0.178. The molecular formula is C25H26N10O12P2S. The van der Waals surface area contributed by atoms with Crippen LogP contribution in [0.3, 0.4) is 0 Å². The Bertz CT molecular complexity index is 2150. The van der Waals surface area contributed by atoms with Crippen molar-refractivity contribution in [2.75, 3.05) is 6.61 Å². The molecule has 0 radical (unpaired) electrons. The Hall–Kier alpha value is -3.28. The fourth-order valence-electron chi connectivity index (χ4n) is 7.23. The highest BCUT2D eigenvalue weighted by atomic mass is 32.5. The van der Waals surface area contributed by atoms with Gasteiger partial charge in [0, 0.05) is 31.2 Å². The number of nitrogens with one attached hydrogen (secondary N) is 1. The van der Waals surface area contributed by atoms with E-state index in [4.69, 9.17) is 39.4 Å². The van der Waals surface area contributed by atoms with E-state index in [1.165, 1.54) is 39.6 Å². The van der Waals surface area contributed by atoms with Crippen LogP contribution in [-0.4, -0.2) is 139 Å². The molecule has 3 saturated heterocycles. The Balaban J connectivity index is 0.935. The molecule has 6 aliphatic heterocycles. The fraction of sp³-hybridized carbons (Fsp3) is 0.520. The van der Waals surface area contributed by atoms with Crippen molar-refractivity contribution in [2.45, 2.75) is 73.4 Å². The molecule has 22 nitrogen and oxygen atoms in total. The van der Waals surface area contributed by atoms with Crippen molar-refractivity contribution in [2.24, 2.45) is 9.98 Å². The number of hydrogen-bond donors (Lipinski definition) is 5. The van der Waals surface area contributed by atoms with Crippen LogP contribution >= 0.6 is 14.5 Å². The summed E-state index contributed by atoms with van der Waals surface area (Å²) in [6.07, 6.45) is -1.31. The highest BCUT2D eigenvalue weighted by Crippen LogP contribution is 2.65. The Kier molecular flexibility index (Phi) is 6.69. The fourth-order valence-corrected chi connectivity index (χ4v) is 10.0. The molecular weight excluding hydrogens is 726 g/mol. The van der Waals surface area contributed by atoms with Crippen molar-refractivity contribution in [1.82, 2.24) is 39.0 Å². The average molecular weight is 753 g/mol. The summed E-state index contributed by atoms with van der Waals surface area (Å²) in [6, 6.07) is -1.00. The van der Waals surface area contributed by atoms with E-state index in [0.29, 0.717) is 16.8 Å². The summed E-state index contributed by atoms with van der Waals surface area (Å²) in [5.41, 5.74) is -0.359. The van der Waals surface area contributed by atoms with Crippen LogP contribution in [0.4, 0.5) is 0 Å². The molecule has 1 saturated carbocycles. The van der Waals surface area contributed by atoms with Crippen LogP contribution in [0.1, 0.15) is 12.6 Å². The first-order valence-corrected chi connectivity index (χ1v) is 19.3. The number of aromatic nitrogens is 5. The normalized spacial score (nSPS) is 45.0. The number of rotatable bonds is 2. The zero-order valence-electron chi connectivity index (χ0n) is 25.1. The van der Waals surface area contributed by atoms with Crippen LogP contribution in [0.2, 0.25) is 0 Å². The number of carbonyl (C=O) groups is 1. The topological polar surface area (TPSA) is 262 Å². The lowest BCUT2D eigenvalue weighted by molar-refractivity contribution is -0.130. The van der Waals surface area contributed by atoms with Crippen LogP contribution in [0, 0.1) is 0 Å². The second-order valence-corrected chi connectivity index (χ2v) is 16.7. The molecule has 0 bridgehead atoms. The standard InChI is InChI=1S/C25H26N10O12P2S/c36-14-16-10(43-22(14)35-9-29-13-20(35)31-24-27-2-4-33(24)21(13)38)6-42-48(39,40)47-17-15(37)23(44-25(17)5-11(25)45-49(41,50)46-16)34-8-28-12-18-26-1-3-32(18)7-30-19(12)34/h1-4,7-11,13-17,22-24,27,36-37H,5-6H2,(H,39,40)(H,41,50)/t10-,11?,13?,14-,15-,16-,17+,22?,23?,24?,25?,49?/m1/s1. The van der Waals surface area contributed by atoms with Crippen molar-refractivity contribution >= 4 is 61.2 Å². The van der Waals surface area contributed by atoms with Gasteiger partial charge in [0.2, 0.25) is 6.29 Å². The van der Waals surface area contributed by atoms with Crippen LogP contribution in [0.5, 0.6) is 0 Å². The minimum Gasteiger partial charge on any atom is -0.386 e. The lowest BCUT2D eigenvalue weighted by atomic mass is 10.1. The molecule has 7 aliphatic rings. The lowest BCUT2D eigenvalue weighted by Crippen LogP contribution is -2.55. The second kappa shape index (κ2) is 10.6. The van der Waals surface area contributed by atoms with Gasteiger partial charge in [-0.15, -0.1) is 0 Å². The molecule has 4 fully saturated rings. The van der Waals surface area contributed by atoms with Crippen molar-refractivity contribution in [3.63, 3.8) is 0 Å². The first-order chi connectivity index (χ1) is 23.9. The maximum atomic E-state index is 13.4. The molecule has 1 amide bonds. The predicted molar refractivity (Wildman–Crippen MR) is 166 cm³/mol. The van der Waals surface area contributed by atoms with E-state index in [1.54, 1.807) is 23.0 Å². The first-order valence-electron chi connectivity index (χ1n) is 15.3. The summed E-state index contributed by atoms with van der Waals surface area (Å²) in [4.78, 5) is 59.8. The lowest BCUT2D eigenvalue weighted by Gasteiger charge is -2.33. The maximum Gasteiger partial charge on any atom is 0.472 e. The first kappa shape index (κ1) is 31.5. The number of amides is 1. The van der Waals surface area contributed by atoms with Gasteiger partial charge in [-0.3, -0.25) is 42.1 Å². The van der Waals surface area contributed by atoms with E-state index in [9.17, 15) is 29.4 Å². The molecule has 1 spiro atoms. The summed E-state index contributed by atoms with van der Waals surface area (Å²) < 4.78 is 51.4. The number of ether oxygens (including phenoxy) is 2. The van der Waals surface area contributed by atoms with Gasteiger partial charge in [0.15, 0.2) is 35.3 Å². The van der Waals surface area contributed by atoms with Crippen molar-refractivity contribution in [3.05, 3.63) is 37.4 Å². The zero-order valence-corrected chi connectivity index (χ0v) is 27.7. The van der Waals surface area contributed by atoms with E-state index < -0.39 is 88.2 Å². The van der Waals surface area contributed by atoms with Gasteiger partial charge in [-0.25, -0.2) is 24.5 Å². The molecule has 0 aromatic carbocycles. The summed E-state index contributed by atoms with van der Waals surface area (Å²) in [6.45, 7) is -4.94. The number of hydrogen-bond acceptors (Lipinski definition) is 18. The maximum absolute atomic E-state index is 13.4. The number of fused-ring (bicyclic) bond motifs is 6. The van der Waals surface area contributed by atoms with E-state index in [2.05, 4.69) is 30.3 Å². The Morgan fingerprint density at radius 3 is 2.76 bits per heavy atom. The number of amidine groups is 1. The molecule has 3 aromatic rings. The van der Waals surface area contributed by atoms with E-state index >= 15 is 0 Å². The molecule has 1 aliphatic carbocycles. The molecule has 264 valence electrons. The van der Waals surface area contributed by atoms with Gasteiger partial charge < -0.3 is 39.3 Å². The van der Waals surface area contributed by atoms with Crippen molar-refractivity contribution in [3.8, 4) is 0 Å². The average Bonchev–Trinajstić information content (AvgIpc) is 3.78. The zero-order chi connectivity index (χ0) is 34.3. The number of carbonyl (C=O) groups excluding carboxylic acids is 1. The van der Waals surface area contributed by atoms with Gasteiger partial charge in [-0.05, 0) is 11.8 Å². The minimum atomic E-state index is -5.00. The summed E-state index contributed by atoms with van der Waals surface area (Å²) >= 11 is 5.37. The van der Waals surface area contributed by atoms with Gasteiger partial charge in [0.25, 0.3) is 5.91 Å². The van der Waals surface area contributed by atoms with Gasteiger partial charge >= 0.3 is 14.5 Å². The molecule has 50 heavy (non-hydrogen) atoms. The molecule has 5 N–H and O–H groups in total. The summed E-state index contributed by atoms with van der Waals surface area (Å²) in [5, 5.41) is 25.9. The smallest absolute Gasteiger partial charge is 0.386 e. The number of imidazole rings is 2. The van der Waals surface area contributed by atoms with Crippen LogP contribution in [0.15, 0.2) is 47.4 Å². The number of aliphatic imine (C=N–C) groups is 2. The molecule has 3 aromatic heterocycles. The molecule has 10 rings (SSSR count). The van der Waals surface area contributed by atoms with Crippen LogP contribution in [-0.2, 0) is 48.7 Å². The molecule has 9 heterocycles. The third-order valence-electron chi connectivity index (χ3n) is 9.62. The van der Waals surface area contributed by atoms with Crippen molar-refractivity contribution < 1.29 is 56.9 Å². The van der Waals surface area contributed by atoms with Gasteiger partial charge in [-0.2, -0.15) is 0 Å². The van der Waals surface area contributed by atoms with Crippen LogP contribution < -0.4 is 5.32 Å². The number of phosphoric ester groups is 1. The van der Waals surface area contributed by atoms with E-state index in [-0.39, 0.29) is 18.2 Å². The van der Waals surface area contributed by atoms with E-state index in [0.717, 1.165) is 0 Å². The largest absolute Gasteiger partial charge is 0.472 e. The number of aliphatic hydroxyl groups is 2. The van der Waals surface area contributed by atoms with Crippen LogP contribution in [0.25, 0.3) is 16.8 Å². The van der Waals surface area contributed by atoms with Gasteiger partial charge in [0.05, 0.1) is 19.3 Å². The van der Waals surface area contributed by atoms with E-state index in [1.807, 2.05) is 0 Å². The summed E-state index contributed by atoms with van der Waals surface area (Å²) in [7, 11) is -5.00. The molecule has 13 atom stereocenters. The van der Waals surface area contributed by atoms with Gasteiger partial charge in [0.1, 0.15) is 54.4 Å². The summed E-state index contributed by atoms with van der Waals surface area (Å²) in [5.74, 6) is -0.186. The third-order valence-corrected chi connectivity index (χ3v) is 12.1. The predicted octanol–water partition coefficient (Wildman–Crippen LogP) is -1.99. The second-order valence-electron chi connectivity index (χ2n) is 12.5. The number of phosphoric acid groups is 1. The third kappa shape index (κ3) is 4.57. The number of aliphatic hydroxyl groups excluding tert-OH is 2. The Labute approximate surface area is 284 Å². The Morgan fingerprint density at radius 2 is 1.90 bits per heavy atom. The highest BCUT2D eigenvalue weighted by molar-refractivity contribution is 8.07. The SMILES string of the molecule is O=C1C2N=CN(C3O[C@@H]4COP(=O)(O)O[C@H]5[C@@H](O)C(n6cnc7c6ncn6ccnc76)OC56CC6OP(O)(=S)O[C@H]4[C@H]3O)C2=NC2NC=CN12. The Morgan fingerprint density at radius 1 is 1.04 bits per heavy atom. The number of nitrogens with zero attached hydrogens (tertiary/aromatic N) is 9. The monoisotopic (exact) mass is 752 g/mol. The highest BCUT2D eigenvalue weighted by Gasteiger charge is 2.73. The minimum absolute atomic E-state index is 0.0333. The van der Waals surface area contributed by atoms with Gasteiger partial charge in [-0.1, -0.05) is 0 Å². The van der Waals surface area contributed by atoms with Crippen molar-refractivity contribution in [1.29, 1.82) is 0 Å². The molecule has 25 heteroatoms.